The summed E-state index contributed by atoms with van der Waals surface area (Å²) < 4.78 is 0. The van der Waals surface area contributed by atoms with Crippen LogP contribution in [0.5, 0.6) is 0 Å². The van der Waals surface area contributed by atoms with Crippen LogP contribution in [0.2, 0.25) is 0 Å². The molecule has 1 fully saturated rings. The Bertz CT molecular complexity index is 611. The number of benzene rings is 1. The number of para-hydroxylation sites is 1. The fourth-order valence-electron chi connectivity index (χ4n) is 2.89. The van der Waals surface area contributed by atoms with Gasteiger partial charge in [0.15, 0.2) is 0 Å². The third-order valence-corrected chi connectivity index (χ3v) is 4.23. The predicted octanol–water partition coefficient (Wildman–Crippen LogP) is 2.25. The van der Waals surface area contributed by atoms with Crippen LogP contribution in [0.4, 0.5) is 5.69 Å². The highest BCUT2D eigenvalue weighted by molar-refractivity contribution is 5.93. The van der Waals surface area contributed by atoms with Gasteiger partial charge < -0.3 is 10.2 Å². The fourth-order valence-corrected chi connectivity index (χ4v) is 2.89. The number of rotatable bonds is 4. The summed E-state index contributed by atoms with van der Waals surface area (Å²) in [5.74, 6) is -0.0617. The Morgan fingerprint density at radius 2 is 1.79 bits per heavy atom. The van der Waals surface area contributed by atoms with Crippen LogP contribution < -0.4 is 5.32 Å². The number of carbonyl (C=O) groups excluding carboxylic acids is 2. The zero-order chi connectivity index (χ0) is 17.7. The van der Waals surface area contributed by atoms with Crippen LogP contribution in [-0.4, -0.2) is 54.3 Å². The Morgan fingerprint density at radius 1 is 1.17 bits per heavy atom. The van der Waals surface area contributed by atoms with Gasteiger partial charge in [-0.3, -0.25) is 14.5 Å². The molecule has 0 spiro atoms. The van der Waals surface area contributed by atoms with Gasteiger partial charge in [-0.05, 0) is 23.1 Å². The lowest BCUT2D eigenvalue weighted by atomic mass is 9.86. The molecule has 2 amide bonds. The summed E-state index contributed by atoms with van der Waals surface area (Å²) in [5.41, 5.74) is 1.97. The molecule has 1 aliphatic heterocycles. The largest absolute Gasteiger partial charge is 0.337 e. The quantitative estimate of drug-likeness (QED) is 0.862. The summed E-state index contributed by atoms with van der Waals surface area (Å²) >= 11 is 0. The van der Waals surface area contributed by atoms with Crippen molar-refractivity contribution in [1.82, 2.24) is 9.80 Å². The van der Waals surface area contributed by atoms with Crippen molar-refractivity contribution >= 4 is 17.5 Å². The molecule has 0 atom stereocenters. The minimum Gasteiger partial charge on any atom is -0.337 e. The van der Waals surface area contributed by atoms with Crippen molar-refractivity contribution < 1.29 is 9.59 Å². The van der Waals surface area contributed by atoms with E-state index in [1.54, 1.807) is 4.90 Å². The van der Waals surface area contributed by atoms with Crippen LogP contribution in [-0.2, 0) is 15.0 Å². The first kappa shape index (κ1) is 18.2. The molecular weight excluding hydrogens is 302 g/mol. The van der Waals surface area contributed by atoms with E-state index in [4.69, 9.17) is 0 Å². The van der Waals surface area contributed by atoms with Gasteiger partial charge in [0.2, 0.25) is 11.8 Å². The lowest BCUT2D eigenvalue weighted by molar-refractivity contribution is -0.128. The normalized spacial score (nSPS) is 15.9. The van der Waals surface area contributed by atoms with Crippen LogP contribution in [0.1, 0.15) is 26.3 Å². The van der Waals surface area contributed by atoms with Crippen molar-refractivity contribution in [2.45, 2.75) is 26.2 Å². The Hall–Kier alpha value is -2.14. The topological polar surface area (TPSA) is 52.7 Å². The van der Waals surface area contributed by atoms with E-state index in [1.807, 2.05) is 18.2 Å². The predicted molar refractivity (Wildman–Crippen MR) is 97.0 cm³/mol. The highest BCUT2D eigenvalue weighted by Gasteiger charge is 2.22. The maximum Gasteiger partial charge on any atom is 0.246 e. The lowest BCUT2D eigenvalue weighted by Gasteiger charge is -2.33. The minimum absolute atomic E-state index is 0.0183. The van der Waals surface area contributed by atoms with Gasteiger partial charge in [-0.15, -0.1) is 0 Å². The van der Waals surface area contributed by atoms with E-state index < -0.39 is 0 Å². The second kappa shape index (κ2) is 7.62. The van der Waals surface area contributed by atoms with Crippen molar-refractivity contribution in [2.24, 2.45) is 0 Å². The third kappa shape index (κ3) is 4.68. The number of nitrogens with one attached hydrogen (secondary N) is 1. The van der Waals surface area contributed by atoms with Crippen LogP contribution in [0.25, 0.3) is 0 Å². The van der Waals surface area contributed by atoms with Crippen LogP contribution in [0, 0.1) is 0 Å². The summed E-state index contributed by atoms with van der Waals surface area (Å²) in [6, 6.07) is 7.92. The van der Waals surface area contributed by atoms with E-state index in [-0.39, 0.29) is 17.2 Å². The molecule has 1 aliphatic rings. The Kier molecular flexibility index (Phi) is 5.78. The summed E-state index contributed by atoms with van der Waals surface area (Å²) in [4.78, 5) is 27.8. The number of anilines is 1. The van der Waals surface area contributed by atoms with Crippen molar-refractivity contribution in [2.75, 3.05) is 38.0 Å². The van der Waals surface area contributed by atoms with Gasteiger partial charge in [-0.25, -0.2) is 0 Å². The first-order valence-electron chi connectivity index (χ1n) is 8.34. The van der Waals surface area contributed by atoms with Gasteiger partial charge in [0.1, 0.15) is 0 Å². The molecule has 2 rings (SSSR count). The molecule has 0 unspecified atom stereocenters. The second-order valence-corrected chi connectivity index (χ2v) is 7.15. The van der Waals surface area contributed by atoms with E-state index >= 15 is 0 Å². The number of piperazine rings is 1. The molecule has 1 aromatic rings. The summed E-state index contributed by atoms with van der Waals surface area (Å²) in [7, 11) is 0. The first-order valence-corrected chi connectivity index (χ1v) is 8.34. The molecule has 130 valence electrons. The molecular formula is C19H27N3O2. The number of carbonyl (C=O) groups is 2. The van der Waals surface area contributed by atoms with Crippen LogP contribution in [0.15, 0.2) is 36.9 Å². The van der Waals surface area contributed by atoms with Gasteiger partial charge in [0.05, 0.1) is 6.54 Å². The van der Waals surface area contributed by atoms with E-state index in [0.29, 0.717) is 32.7 Å². The third-order valence-electron chi connectivity index (χ3n) is 4.23. The smallest absolute Gasteiger partial charge is 0.246 e. The van der Waals surface area contributed by atoms with Crippen molar-refractivity contribution in [1.29, 1.82) is 0 Å². The number of hydrogen-bond acceptors (Lipinski definition) is 3. The Labute approximate surface area is 144 Å². The second-order valence-electron chi connectivity index (χ2n) is 7.15. The molecule has 0 saturated carbocycles. The number of amides is 2. The summed E-state index contributed by atoms with van der Waals surface area (Å²) in [6.45, 7) is 12.9. The summed E-state index contributed by atoms with van der Waals surface area (Å²) in [6.07, 6.45) is 1.34. The summed E-state index contributed by atoms with van der Waals surface area (Å²) in [5, 5.41) is 3.03. The van der Waals surface area contributed by atoms with Gasteiger partial charge in [-0.1, -0.05) is 45.5 Å². The van der Waals surface area contributed by atoms with Crippen LogP contribution in [0.3, 0.4) is 0 Å². The maximum absolute atomic E-state index is 12.4. The number of nitrogens with zero attached hydrogens (tertiary/aromatic N) is 2. The lowest BCUT2D eigenvalue weighted by Crippen LogP contribution is -2.50. The molecule has 0 aromatic heterocycles. The molecule has 5 heteroatoms. The van der Waals surface area contributed by atoms with E-state index in [2.05, 4.69) is 43.6 Å². The number of hydrogen-bond donors (Lipinski definition) is 1. The first-order chi connectivity index (χ1) is 11.3. The van der Waals surface area contributed by atoms with Crippen molar-refractivity contribution in [3.8, 4) is 0 Å². The maximum atomic E-state index is 12.4. The van der Waals surface area contributed by atoms with Crippen LogP contribution >= 0.6 is 0 Å². The fraction of sp³-hybridized carbons (Fsp3) is 0.474. The monoisotopic (exact) mass is 329 g/mol. The van der Waals surface area contributed by atoms with E-state index in [0.717, 1.165) is 11.3 Å². The minimum atomic E-state index is -0.0433. The highest BCUT2D eigenvalue weighted by atomic mass is 16.2. The van der Waals surface area contributed by atoms with E-state index in [9.17, 15) is 9.59 Å². The average molecular weight is 329 g/mol. The zero-order valence-corrected chi connectivity index (χ0v) is 14.8. The van der Waals surface area contributed by atoms with Gasteiger partial charge in [-0.2, -0.15) is 0 Å². The average Bonchev–Trinajstić information content (AvgIpc) is 2.54. The highest BCUT2D eigenvalue weighted by Crippen LogP contribution is 2.29. The molecule has 0 bridgehead atoms. The van der Waals surface area contributed by atoms with Gasteiger partial charge >= 0.3 is 0 Å². The standard InChI is InChI=1S/C19H27N3O2/c1-5-18(24)22-12-10-21(11-13-22)14-17(23)20-16-9-7-6-8-15(16)19(2,3)4/h5-9H,1,10-14H2,2-4H3,(H,20,23). The van der Waals surface area contributed by atoms with Crippen molar-refractivity contribution in [3.63, 3.8) is 0 Å². The molecule has 1 heterocycles. The molecule has 24 heavy (non-hydrogen) atoms. The molecule has 0 radical (unpaired) electrons. The van der Waals surface area contributed by atoms with Gasteiger partial charge in [0, 0.05) is 31.9 Å². The molecule has 1 saturated heterocycles. The van der Waals surface area contributed by atoms with Gasteiger partial charge in [0.25, 0.3) is 0 Å². The Morgan fingerprint density at radius 3 is 2.38 bits per heavy atom. The molecule has 5 nitrogen and oxygen atoms in total. The molecule has 1 N–H and O–H groups in total. The molecule has 1 aromatic carbocycles. The van der Waals surface area contributed by atoms with E-state index in [1.165, 1.54) is 6.08 Å². The van der Waals surface area contributed by atoms with Crippen molar-refractivity contribution in [3.05, 3.63) is 42.5 Å². The molecule has 0 aliphatic carbocycles. The SMILES string of the molecule is C=CC(=O)N1CCN(CC(=O)Nc2ccccc2C(C)(C)C)CC1. The Balaban J connectivity index is 1.91. The zero-order valence-electron chi connectivity index (χ0n) is 14.8.